The maximum atomic E-state index is 9.91. The predicted molar refractivity (Wildman–Crippen MR) is 107 cm³/mol. The molecule has 1 fully saturated rings. The van der Waals surface area contributed by atoms with Gasteiger partial charge < -0.3 is 15.7 Å². The van der Waals surface area contributed by atoms with Crippen molar-refractivity contribution in [2.75, 3.05) is 13.1 Å². The van der Waals surface area contributed by atoms with Crippen LogP contribution in [-0.4, -0.2) is 30.3 Å². The van der Waals surface area contributed by atoms with E-state index in [1.54, 1.807) is 0 Å². The zero-order chi connectivity index (χ0) is 15.8. The number of aliphatic imine (C=N–C) groups is 1. The predicted octanol–water partition coefficient (Wildman–Crippen LogP) is 3.08. The largest absolute Gasteiger partial charge is 0.393 e. The molecule has 0 saturated heterocycles. The molecule has 130 valence electrons. The Morgan fingerprint density at radius 2 is 1.91 bits per heavy atom. The van der Waals surface area contributed by atoms with Crippen molar-refractivity contribution < 1.29 is 5.11 Å². The monoisotopic (exact) mass is 431 g/mol. The van der Waals surface area contributed by atoms with Crippen LogP contribution in [-0.2, 0) is 13.0 Å². The molecule has 2 atom stereocenters. The molecule has 0 radical (unpaired) electrons. The van der Waals surface area contributed by atoms with Crippen molar-refractivity contribution in [3.8, 4) is 0 Å². The van der Waals surface area contributed by atoms with Crippen LogP contribution in [0.4, 0.5) is 0 Å². The number of hydrogen-bond acceptors (Lipinski definition) is 2. The quantitative estimate of drug-likeness (QED) is 0.369. The second kappa shape index (κ2) is 10.9. The lowest BCUT2D eigenvalue weighted by Crippen LogP contribution is -2.41. The van der Waals surface area contributed by atoms with Gasteiger partial charge in [0.25, 0.3) is 0 Å². The van der Waals surface area contributed by atoms with E-state index in [9.17, 15) is 5.11 Å². The van der Waals surface area contributed by atoms with Crippen molar-refractivity contribution in [3.63, 3.8) is 0 Å². The Morgan fingerprint density at radius 3 is 2.52 bits per heavy atom. The summed E-state index contributed by atoms with van der Waals surface area (Å²) >= 11 is 0. The third-order valence-corrected chi connectivity index (χ3v) is 4.40. The second-order valence-electron chi connectivity index (χ2n) is 5.96. The second-order valence-corrected chi connectivity index (χ2v) is 5.96. The normalized spacial score (nSPS) is 20.9. The molecule has 2 rings (SSSR count). The summed E-state index contributed by atoms with van der Waals surface area (Å²) in [6.07, 6.45) is 4.04. The van der Waals surface area contributed by atoms with Gasteiger partial charge in [-0.1, -0.05) is 37.6 Å². The van der Waals surface area contributed by atoms with Gasteiger partial charge in [-0.2, -0.15) is 0 Å². The fraction of sp³-hybridized carbons (Fsp3) is 0.611. The first kappa shape index (κ1) is 20.2. The minimum atomic E-state index is -0.156. The molecule has 0 bridgehead atoms. The number of nitrogens with zero attached hydrogens (tertiary/aromatic N) is 1. The van der Waals surface area contributed by atoms with Gasteiger partial charge in [-0.15, -0.1) is 24.0 Å². The number of aliphatic hydroxyl groups is 1. The highest BCUT2D eigenvalue weighted by Gasteiger charge is 2.24. The number of rotatable bonds is 6. The molecule has 0 amide bonds. The molecular weight excluding hydrogens is 401 g/mol. The van der Waals surface area contributed by atoms with Crippen LogP contribution in [0.5, 0.6) is 0 Å². The van der Waals surface area contributed by atoms with Crippen LogP contribution in [0.3, 0.4) is 0 Å². The highest BCUT2D eigenvalue weighted by atomic mass is 127. The molecule has 0 aliphatic heterocycles. The third-order valence-electron chi connectivity index (χ3n) is 4.40. The van der Waals surface area contributed by atoms with Gasteiger partial charge in [0.05, 0.1) is 12.6 Å². The first-order chi connectivity index (χ1) is 10.7. The van der Waals surface area contributed by atoms with E-state index in [1.165, 1.54) is 11.1 Å². The lowest BCUT2D eigenvalue weighted by Gasteiger charge is -2.18. The van der Waals surface area contributed by atoms with Crippen molar-refractivity contribution in [2.24, 2.45) is 10.9 Å². The first-order valence-corrected chi connectivity index (χ1v) is 8.51. The number of aliphatic hydroxyl groups excluding tert-OH is 1. The van der Waals surface area contributed by atoms with E-state index >= 15 is 0 Å². The average Bonchev–Trinajstić information content (AvgIpc) is 2.95. The van der Waals surface area contributed by atoms with E-state index in [4.69, 9.17) is 4.99 Å². The zero-order valence-corrected chi connectivity index (χ0v) is 16.5. The molecule has 0 aromatic heterocycles. The minimum Gasteiger partial charge on any atom is -0.393 e. The van der Waals surface area contributed by atoms with Gasteiger partial charge in [0.1, 0.15) is 0 Å². The molecule has 1 saturated carbocycles. The smallest absolute Gasteiger partial charge is 0.191 e. The Bertz CT molecular complexity index is 493. The van der Waals surface area contributed by atoms with Gasteiger partial charge >= 0.3 is 0 Å². The molecule has 0 heterocycles. The fourth-order valence-corrected chi connectivity index (χ4v) is 3.05. The van der Waals surface area contributed by atoms with Crippen LogP contribution in [0.25, 0.3) is 0 Å². The minimum absolute atomic E-state index is 0. The van der Waals surface area contributed by atoms with Gasteiger partial charge in [0.15, 0.2) is 5.96 Å². The van der Waals surface area contributed by atoms with E-state index < -0.39 is 0 Å². The standard InChI is InChI=1S/C18H29N3O.HI/c1-3-14-8-5-6-9-15(14)12-20-18(19-4-2)21-13-16-10-7-11-17(16)22;/h5-6,8-9,16-17,22H,3-4,7,10-13H2,1-2H3,(H2,19,20,21);1H. The summed E-state index contributed by atoms with van der Waals surface area (Å²) in [5, 5.41) is 16.6. The van der Waals surface area contributed by atoms with Crippen molar-refractivity contribution >= 4 is 29.9 Å². The molecule has 4 nitrogen and oxygen atoms in total. The van der Waals surface area contributed by atoms with Gasteiger partial charge in [-0.25, -0.2) is 4.99 Å². The lowest BCUT2D eigenvalue weighted by atomic mass is 10.1. The number of halogens is 1. The highest BCUT2D eigenvalue weighted by Crippen LogP contribution is 2.24. The van der Waals surface area contributed by atoms with Crippen molar-refractivity contribution in [2.45, 2.75) is 52.2 Å². The van der Waals surface area contributed by atoms with Crippen LogP contribution in [0.1, 0.15) is 44.2 Å². The lowest BCUT2D eigenvalue weighted by molar-refractivity contribution is 0.134. The number of guanidine groups is 1. The molecule has 23 heavy (non-hydrogen) atoms. The molecule has 5 heteroatoms. The van der Waals surface area contributed by atoms with Crippen LogP contribution >= 0.6 is 24.0 Å². The molecule has 2 unspecified atom stereocenters. The van der Waals surface area contributed by atoms with E-state index in [2.05, 4.69) is 48.7 Å². The summed E-state index contributed by atoms with van der Waals surface area (Å²) < 4.78 is 0. The zero-order valence-electron chi connectivity index (χ0n) is 14.2. The van der Waals surface area contributed by atoms with Gasteiger partial charge in [-0.3, -0.25) is 0 Å². The van der Waals surface area contributed by atoms with E-state index in [-0.39, 0.29) is 30.1 Å². The van der Waals surface area contributed by atoms with Crippen molar-refractivity contribution in [1.82, 2.24) is 10.6 Å². The number of benzene rings is 1. The highest BCUT2D eigenvalue weighted by molar-refractivity contribution is 14.0. The molecule has 1 aliphatic carbocycles. The Morgan fingerprint density at radius 1 is 1.17 bits per heavy atom. The number of nitrogens with one attached hydrogen (secondary N) is 2. The Hall–Kier alpha value is -0.820. The Kier molecular flexibility index (Phi) is 9.55. The van der Waals surface area contributed by atoms with Gasteiger partial charge in [0.2, 0.25) is 0 Å². The maximum absolute atomic E-state index is 9.91. The molecule has 1 aromatic rings. The van der Waals surface area contributed by atoms with Crippen LogP contribution in [0.2, 0.25) is 0 Å². The summed E-state index contributed by atoms with van der Waals surface area (Å²) in [5.74, 6) is 1.19. The summed E-state index contributed by atoms with van der Waals surface area (Å²) in [7, 11) is 0. The fourth-order valence-electron chi connectivity index (χ4n) is 3.05. The molecule has 3 N–H and O–H groups in total. The Labute approximate surface area is 157 Å². The van der Waals surface area contributed by atoms with Crippen LogP contribution < -0.4 is 10.6 Å². The van der Waals surface area contributed by atoms with Crippen molar-refractivity contribution in [1.29, 1.82) is 0 Å². The molecule has 1 aliphatic rings. The molecule has 1 aromatic carbocycles. The molecular formula is C18H30IN3O. The van der Waals surface area contributed by atoms with E-state index in [1.807, 2.05) is 0 Å². The van der Waals surface area contributed by atoms with Crippen LogP contribution in [0, 0.1) is 5.92 Å². The maximum Gasteiger partial charge on any atom is 0.191 e. The SMILES string of the molecule is CCNC(=NCc1ccccc1CC)NCC1CCCC1O.I. The van der Waals surface area contributed by atoms with Crippen molar-refractivity contribution in [3.05, 3.63) is 35.4 Å². The Balaban J connectivity index is 0.00000264. The summed E-state index contributed by atoms with van der Waals surface area (Å²) in [4.78, 5) is 4.69. The summed E-state index contributed by atoms with van der Waals surface area (Å²) in [5.41, 5.74) is 2.64. The first-order valence-electron chi connectivity index (χ1n) is 8.51. The van der Waals surface area contributed by atoms with E-state index in [0.29, 0.717) is 12.5 Å². The average molecular weight is 431 g/mol. The van der Waals surface area contributed by atoms with E-state index in [0.717, 1.165) is 44.7 Å². The van der Waals surface area contributed by atoms with Gasteiger partial charge in [-0.05, 0) is 37.3 Å². The number of aryl methyl sites for hydroxylation is 1. The van der Waals surface area contributed by atoms with Gasteiger partial charge in [0, 0.05) is 19.0 Å². The van der Waals surface area contributed by atoms with Crippen LogP contribution in [0.15, 0.2) is 29.3 Å². The topological polar surface area (TPSA) is 56.7 Å². The molecule has 0 spiro atoms. The number of hydrogen-bond donors (Lipinski definition) is 3. The summed E-state index contributed by atoms with van der Waals surface area (Å²) in [6.45, 7) is 6.57. The third kappa shape index (κ3) is 6.30. The summed E-state index contributed by atoms with van der Waals surface area (Å²) in [6, 6.07) is 8.46.